The van der Waals surface area contributed by atoms with E-state index in [2.05, 4.69) is 10.2 Å². The number of ether oxygens (including phenoxy) is 2. The normalized spacial score (nSPS) is 22.4. The van der Waals surface area contributed by atoms with Gasteiger partial charge in [0.25, 0.3) is 0 Å². The third kappa shape index (κ3) is 8.08. The van der Waals surface area contributed by atoms with Crippen molar-refractivity contribution in [2.75, 3.05) is 25.0 Å². The van der Waals surface area contributed by atoms with Gasteiger partial charge in [-0.1, -0.05) is 42.8 Å². The van der Waals surface area contributed by atoms with Crippen LogP contribution >= 0.6 is 0 Å². The van der Waals surface area contributed by atoms with Gasteiger partial charge >= 0.3 is 0 Å². The summed E-state index contributed by atoms with van der Waals surface area (Å²) in [7, 11) is 0. The van der Waals surface area contributed by atoms with Gasteiger partial charge in [-0.2, -0.15) is 0 Å². The van der Waals surface area contributed by atoms with Crippen molar-refractivity contribution in [3.8, 4) is 0 Å². The molecule has 2 saturated heterocycles. The summed E-state index contributed by atoms with van der Waals surface area (Å²) in [6, 6.07) is 15.3. The van der Waals surface area contributed by atoms with E-state index in [4.69, 9.17) is 14.7 Å². The lowest BCUT2D eigenvalue weighted by molar-refractivity contribution is -0.253. The molecule has 0 aliphatic carbocycles. The Morgan fingerprint density at radius 1 is 0.892 bits per heavy atom. The molecule has 2 aromatic carbocycles. The molecule has 2 aromatic rings. The van der Waals surface area contributed by atoms with Crippen LogP contribution in [0.1, 0.15) is 74.0 Å². The number of anilines is 1. The zero-order valence-corrected chi connectivity index (χ0v) is 21.1. The third-order valence-electron chi connectivity index (χ3n) is 6.92. The molecule has 200 valence electrons. The third-order valence-corrected chi connectivity index (χ3v) is 6.92. The lowest BCUT2D eigenvalue weighted by Crippen LogP contribution is -2.41. The summed E-state index contributed by atoms with van der Waals surface area (Å²) < 4.78 is 12.8. The summed E-state index contributed by atoms with van der Waals surface area (Å²) in [6.07, 6.45) is 4.46. The predicted molar refractivity (Wildman–Crippen MR) is 138 cm³/mol. The molecule has 9 heteroatoms. The van der Waals surface area contributed by atoms with Crippen molar-refractivity contribution >= 4 is 17.5 Å². The van der Waals surface area contributed by atoms with E-state index >= 15 is 0 Å². The maximum absolute atomic E-state index is 12.2. The highest BCUT2D eigenvalue weighted by molar-refractivity contribution is 5.91. The number of hydroxylamine groups is 1. The molecule has 4 N–H and O–H groups in total. The minimum absolute atomic E-state index is 0.00992. The zero-order valence-electron chi connectivity index (χ0n) is 21.1. The largest absolute Gasteiger partial charge is 0.392 e. The number of aliphatic hydroxyl groups is 1. The number of nitrogens with one attached hydrogen (secondary N) is 2. The molecule has 0 saturated carbocycles. The number of likely N-dealkylation sites (tertiary alicyclic amines) is 1. The van der Waals surface area contributed by atoms with E-state index < -0.39 is 12.2 Å². The number of rotatable bonds is 10. The lowest BCUT2D eigenvalue weighted by Gasteiger charge is -2.39. The molecule has 0 bridgehead atoms. The number of nitrogens with zero attached hydrogens (tertiary/aromatic N) is 1. The van der Waals surface area contributed by atoms with Crippen LogP contribution in [-0.2, 0) is 25.7 Å². The van der Waals surface area contributed by atoms with Gasteiger partial charge in [-0.3, -0.25) is 14.8 Å². The van der Waals surface area contributed by atoms with Crippen LogP contribution in [0.25, 0.3) is 0 Å². The SMILES string of the molecule is O=C(CCCC(=O)Nc1ccc(C2OC(CN3CCCCC3)CC(c3ccc(CO)cc3)O2)cc1)NO. The minimum atomic E-state index is -0.534. The minimum Gasteiger partial charge on any atom is -0.392 e. The second kappa shape index (κ2) is 13.6. The van der Waals surface area contributed by atoms with Crippen LogP contribution in [-0.4, -0.2) is 52.8 Å². The van der Waals surface area contributed by atoms with E-state index in [0.717, 1.165) is 42.7 Å². The van der Waals surface area contributed by atoms with E-state index in [1.165, 1.54) is 19.3 Å². The second-order valence-corrected chi connectivity index (χ2v) is 9.77. The van der Waals surface area contributed by atoms with Crippen molar-refractivity contribution < 1.29 is 29.4 Å². The molecule has 2 amide bonds. The lowest BCUT2D eigenvalue weighted by atomic mass is 9.99. The van der Waals surface area contributed by atoms with Crippen LogP contribution in [0, 0.1) is 0 Å². The van der Waals surface area contributed by atoms with Crippen molar-refractivity contribution in [2.24, 2.45) is 0 Å². The molecule has 0 spiro atoms. The molecule has 2 fully saturated rings. The van der Waals surface area contributed by atoms with Crippen molar-refractivity contribution in [3.63, 3.8) is 0 Å². The fourth-order valence-electron chi connectivity index (χ4n) is 4.88. The van der Waals surface area contributed by atoms with Crippen molar-refractivity contribution in [1.82, 2.24) is 10.4 Å². The maximum Gasteiger partial charge on any atom is 0.243 e. The topological polar surface area (TPSA) is 120 Å². The van der Waals surface area contributed by atoms with Crippen LogP contribution < -0.4 is 10.8 Å². The van der Waals surface area contributed by atoms with E-state index in [1.54, 1.807) is 5.48 Å². The highest BCUT2D eigenvalue weighted by atomic mass is 16.7. The highest BCUT2D eigenvalue weighted by Crippen LogP contribution is 2.38. The molecule has 0 aromatic heterocycles. The summed E-state index contributed by atoms with van der Waals surface area (Å²) in [4.78, 5) is 25.7. The molecule has 2 heterocycles. The number of carbonyl (C=O) groups excluding carboxylic acids is 2. The fourth-order valence-corrected chi connectivity index (χ4v) is 4.88. The predicted octanol–water partition coefficient (Wildman–Crippen LogP) is 3.82. The summed E-state index contributed by atoms with van der Waals surface area (Å²) >= 11 is 0. The number of piperidine rings is 1. The van der Waals surface area contributed by atoms with E-state index in [9.17, 15) is 14.7 Å². The van der Waals surface area contributed by atoms with Crippen molar-refractivity contribution in [1.29, 1.82) is 0 Å². The van der Waals surface area contributed by atoms with E-state index in [0.29, 0.717) is 12.1 Å². The number of hydrogen-bond donors (Lipinski definition) is 4. The Balaban J connectivity index is 1.41. The quantitative estimate of drug-likeness (QED) is 0.283. The smallest absolute Gasteiger partial charge is 0.243 e. The van der Waals surface area contributed by atoms with Gasteiger partial charge in [0, 0.05) is 37.1 Å². The van der Waals surface area contributed by atoms with Gasteiger partial charge < -0.3 is 24.8 Å². The molecular formula is C28H37N3O6. The Morgan fingerprint density at radius 2 is 1.57 bits per heavy atom. The molecular weight excluding hydrogens is 474 g/mol. The Hall–Kier alpha value is -2.82. The molecule has 3 unspecified atom stereocenters. The Bertz CT molecular complexity index is 1010. The first-order chi connectivity index (χ1) is 18.0. The van der Waals surface area contributed by atoms with Crippen LogP contribution in [0.3, 0.4) is 0 Å². The molecule has 3 atom stereocenters. The summed E-state index contributed by atoms with van der Waals surface area (Å²) in [5, 5.41) is 20.8. The van der Waals surface area contributed by atoms with Gasteiger partial charge in [-0.05, 0) is 55.6 Å². The van der Waals surface area contributed by atoms with Crippen LogP contribution in [0.5, 0.6) is 0 Å². The van der Waals surface area contributed by atoms with Gasteiger partial charge in [-0.25, -0.2) is 5.48 Å². The fraction of sp³-hybridized carbons (Fsp3) is 0.500. The summed E-state index contributed by atoms with van der Waals surface area (Å²) in [5.41, 5.74) is 5.02. The maximum atomic E-state index is 12.2. The monoisotopic (exact) mass is 511 g/mol. The second-order valence-electron chi connectivity index (χ2n) is 9.77. The average molecular weight is 512 g/mol. The number of hydrogen-bond acceptors (Lipinski definition) is 7. The van der Waals surface area contributed by atoms with Gasteiger partial charge in [0.1, 0.15) is 0 Å². The van der Waals surface area contributed by atoms with Crippen LogP contribution in [0.4, 0.5) is 5.69 Å². The summed E-state index contributed by atoms with van der Waals surface area (Å²) in [5.74, 6) is -0.706. The zero-order chi connectivity index (χ0) is 26.0. The molecule has 2 aliphatic heterocycles. The van der Waals surface area contributed by atoms with E-state index in [-0.39, 0.29) is 37.6 Å². The summed E-state index contributed by atoms with van der Waals surface area (Å²) in [6.45, 7) is 3.07. The molecule has 4 rings (SSSR count). The first-order valence-corrected chi connectivity index (χ1v) is 13.1. The molecule has 9 nitrogen and oxygen atoms in total. The van der Waals surface area contributed by atoms with Crippen molar-refractivity contribution in [2.45, 2.75) is 70.1 Å². The van der Waals surface area contributed by atoms with E-state index in [1.807, 2.05) is 48.5 Å². The first-order valence-electron chi connectivity index (χ1n) is 13.1. The standard InChI is InChI=1S/C28H37N3O6/c32-19-20-7-9-21(10-8-20)25-17-24(18-31-15-2-1-3-16-31)36-28(37-25)22-11-13-23(14-12-22)29-26(33)5-4-6-27(34)30-35/h7-14,24-25,28,32,35H,1-6,15-19H2,(H,29,33)(H,30,34). The van der Waals surface area contributed by atoms with Gasteiger partial charge in [-0.15, -0.1) is 0 Å². The Labute approximate surface area is 217 Å². The number of amides is 2. The number of aliphatic hydroxyl groups excluding tert-OH is 1. The molecule has 0 radical (unpaired) electrons. The first kappa shape index (κ1) is 27.2. The number of benzene rings is 2. The highest BCUT2D eigenvalue weighted by Gasteiger charge is 2.33. The number of carbonyl (C=O) groups is 2. The average Bonchev–Trinajstić information content (AvgIpc) is 2.93. The Kier molecular flexibility index (Phi) is 10.0. The molecule has 2 aliphatic rings. The van der Waals surface area contributed by atoms with Crippen LogP contribution in [0.2, 0.25) is 0 Å². The Morgan fingerprint density at radius 3 is 2.24 bits per heavy atom. The van der Waals surface area contributed by atoms with Gasteiger partial charge in [0.2, 0.25) is 11.8 Å². The molecule has 37 heavy (non-hydrogen) atoms. The van der Waals surface area contributed by atoms with Gasteiger partial charge in [0.15, 0.2) is 6.29 Å². The van der Waals surface area contributed by atoms with Crippen molar-refractivity contribution in [3.05, 3.63) is 65.2 Å². The van der Waals surface area contributed by atoms with Crippen LogP contribution in [0.15, 0.2) is 48.5 Å². The van der Waals surface area contributed by atoms with Gasteiger partial charge in [0.05, 0.1) is 18.8 Å².